The second-order valence-corrected chi connectivity index (χ2v) is 7.67. The van der Waals surface area contributed by atoms with Crippen LogP contribution in [0.4, 0.5) is 5.95 Å². The van der Waals surface area contributed by atoms with Crippen molar-refractivity contribution in [1.82, 2.24) is 14.5 Å². The van der Waals surface area contributed by atoms with Crippen molar-refractivity contribution in [2.45, 2.75) is 20.4 Å². The van der Waals surface area contributed by atoms with Crippen LogP contribution in [0.15, 0.2) is 65.5 Å². The van der Waals surface area contributed by atoms with E-state index in [1.807, 2.05) is 74.5 Å². The van der Waals surface area contributed by atoms with Gasteiger partial charge in [0, 0.05) is 18.7 Å². The minimum absolute atomic E-state index is 0.0707. The van der Waals surface area contributed by atoms with Gasteiger partial charge in [-0.2, -0.15) is 4.98 Å². The third-order valence-corrected chi connectivity index (χ3v) is 5.52. The van der Waals surface area contributed by atoms with Crippen molar-refractivity contribution in [3.05, 3.63) is 74.7 Å². The van der Waals surface area contributed by atoms with Gasteiger partial charge in [-0.25, -0.2) is 4.98 Å². The third kappa shape index (κ3) is 4.02. The molecule has 0 aliphatic rings. The van der Waals surface area contributed by atoms with Crippen LogP contribution in [0, 0.1) is 3.70 Å². The van der Waals surface area contributed by atoms with Crippen LogP contribution in [-0.2, 0) is 6.54 Å². The number of nitrogens with one attached hydrogen (secondary N) is 1. The highest BCUT2D eigenvalue weighted by atomic mass is 127. The summed E-state index contributed by atoms with van der Waals surface area (Å²) in [7, 11) is 0. The molecule has 0 aliphatic carbocycles. The van der Waals surface area contributed by atoms with Crippen molar-refractivity contribution in [3.8, 4) is 22.6 Å². The molecular weight excluding hydrogens is 491 g/mol. The van der Waals surface area contributed by atoms with Crippen LogP contribution in [0.2, 0.25) is 0 Å². The first kappa shape index (κ1) is 20.3. The van der Waals surface area contributed by atoms with Crippen LogP contribution in [0.3, 0.4) is 0 Å². The highest BCUT2D eigenvalue weighted by Crippen LogP contribution is 2.27. The van der Waals surface area contributed by atoms with E-state index in [2.05, 4.69) is 37.9 Å². The minimum Gasteiger partial charge on any atom is -0.457 e. The van der Waals surface area contributed by atoms with Gasteiger partial charge in [0.25, 0.3) is 5.56 Å². The van der Waals surface area contributed by atoms with E-state index in [0.29, 0.717) is 30.2 Å². The summed E-state index contributed by atoms with van der Waals surface area (Å²) in [6.07, 6.45) is 0. The number of pyridine rings is 1. The van der Waals surface area contributed by atoms with E-state index >= 15 is 0 Å². The van der Waals surface area contributed by atoms with Crippen molar-refractivity contribution in [2.24, 2.45) is 0 Å². The van der Waals surface area contributed by atoms with E-state index in [1.54, 1.807) is 4.57 Å². The number of anilines is 1. The van der Waals surface area contributed by atoms with E-state index in [1.165, 1.54) is 0 Å². The summed E-state index contributed by atoms with van der Waals surface area (Å²) in [6.45, 7) is 5.18. The zero-order valence-corrected chi connectivity index (χ0v) is 18.9. The normalized spacial score (nSPS) is 10.9. The molecule has 7 heteroatoms. The zero-order valence-electron chi connectivity index (χ0n) is 16.7. The van der Waals surface area contributed by atoms with Crippen molar-refractivity contribution in [3.63, 3.8) is 0 Å². The number of nitrogens with zero attached hydrogens (tertiary/aromatic N) is 3. The molecular formula is C23H21IN4O2. The van der Waals surface area contributed by atoms with Crippen LogP contribution in [0.5, 0.6) is 11.5 Å². The standard InChI is InChI=1S/C23H21IN4O2/c1-3-25-23-26-20(24)19-14-18(22(29)28(4-2)21(19)27-23)15-10-12-17(13-11-15)30-16-8-6-5-7-9-16/h5-14H,3-4H2,1-2H3,(H,25,26,27). The van der Waals surface area contributed by atoms with Gasteiger partial charge < -0.3 is 10.1 Å². The molecule has 0 spiro atoms. The van der Waals surface area contributed by atoms with E-state index in [9.17, 15) is 4.79 Å². The second kappa shape index (κ2) is 8.83. The largest absolute Gasteiger partial charge is 0.457 e. The number of hydrogen-bond acceptors (Lipinski definition) is 5. The molecule has 0 bridgehead atoms. The van der Waals surface area contributed by atoms with Gasteiger partial charge in [0.2, 0.25) is 5.95 Å². The fourth-order valence-electron chi connectivity index (χ4n) is 3.27. The molecule has 4 rings (SSSR count). The lowest BCUT2D eigenvalue weighted by Crippen LogP contribution is -2.23. The van der Waals surface area contributed by atoms with Gasteiger partial charge in [-0.1, -0.05) is 30.3 Å². The molecule has 0 atom stereocenters. The molecule has 0 fully saturated rings. The van der Waals surface area contributed by atoms with Crippen LogP contribution in [0.25, 0.3) is 22.2 Å². The molecule has 152 valence electrons. The summed E-state index contributed by atoms with van der Waals surface area (Å²) in [5, 5.41) is 3.99. The quantitative estimate of drug-likeness (QED) is 0.280. The molecule has 2 aromatic heterocycles. The summed E-state index contributed by atoms with van der Waals surface area (Å²) in [6, 6.07) is 19.0. The summed E-state index contributed by atoms with van der Waals surface area (Å²) >= 11 is 2.20. The Bertz CT molecular complexity index is 1240. The Labute approximate surface area is 188 Å². The lowest BCUT2D eigenvalue weighted by atomic mass is 10.1. The van der Waals surface area contributed by atoms with E-state index in [0.717, 1.165) is 26.1 Å². The first-order chi connectivity index (χ1) is 14.6. The average Bonchev–Trinajstić information content (AvgIpc) is 2.75. The third-order valence-electron chi connectivity index (χ3n) is 4.69. The predicted molar refractivity (Wildman–Crippen MR) is 128 cm³/mol. The molecule has 0 unspecified atom stereocenters. The Morgan fingerprint density at radius 2 is 1.70 bits per heavy atom. The Hall–Kier alpha value is -2.94. The number of aromatic nitrogens is 3. The smallest absolute Gasteiger partial charge is 0.260 e. The number of ether oxygens (including phenoxy) is 1. The fraction of sp³-hybridized carbons (Fsp3) is 0.174. The number of aryl methyl sites for hydroxylation is 1. The second-order valence-electron chi connectivity index (χ2n) is 6.65. The molecule has 30 heavy (non-hydrogen) atoms. The predicted octanol–water partition coefficient (Wildman–Crippen LogP) is 5.31. The number of benzene rings is 2. The minimum atomic E-state index is -0.0707. The van der Waals surface area contributed by atoms with E-state index in [-0.39, 0.29) is 5.56 Å². The molecule has 0 amide bonds. The molecule has 4 aromatic rings. The number of halogens is 1. The highest BCUT2D eigenvalue weighted by Gasteiger charge is 2.15. The molecule has 0 saturated carbocycles. The summed E-state index contributed by atoms with van der Waals surface area (Å²) in [5.41, 5.74) is 2.02. The van der Waals surface area contributed by atoms with Gasteiger partial charge in [0.15, 0.2) is 0 Å². The van der Waals surface area contributed by atoms with Crippen molar-refractivity contribution in [1.29, 1.82) is 0 Å². The first-order valence-corrected chi connectivity index (χ1v) is 10.9. The summed E-state index contributed by atoms with van der Waals surface area (Å²) in [5.74, 6) is 2.02. The van der Waals surface area contributed by atoms with Crippen molar-refractivity contribution in [2.75, 3.05) is 11.9 Å². The van der Waals surface area contributed by atoms with Gasteiger partial charge in [-0.3, -0.25) is 9.36 Å². The van der Waals surface area contributed by atoms with Gasteiger partial charge in [0.1, 0.15) is 20.8 Å². The number of para-hydroxylation sites is 1. The lowest BCUT2D eigenvalue weighted by molar-refractivity contribution is 0.483. The Kier molecular flexibility index (Phi) is 5.98. The maximum Gasteiger partial charge on any atom is 0.260 e. The average molecular weight is 512 g/mol. The Morgan fingerprint density at radius 3 is 2.37 bits per heavy atom. The lowest BCUT2D eigenvalue weighted by Gasteiger charge is -2.13. The van der Waals surface area contributed by atoms with Crippen LogP contribution < -0.4 is 15.6 Å². The van der Waals surface area contributed by atoms with Crippen LogP contribution in [-0.4, -0.2) is 21.1 Å². The van der Waals surface area contributed by atoms with Crippen LogP contribution in [0.1, 0.15) is 13.8 Å². The first-order valence-electron chi connectivity index (χ1n) is 9.79. The van der Waals surface area contributed by atoms with Crippen LogP contribution >= 0.6 is 22.6 Å². The van der Waals surface area contributed by atoms with Gasteiger partial charge >= 0.3 is 0 Å². The summed E-state index contributed by atoms with van der Waals surface area (Å²) < 4.78 is 8.36. The van der Waals surface area contributed by atoms with Crippen molar-refractivity contribution >= 4 is 39.6 Å². The molecule has 6 nitrogen and oxygen atoms in total. The van der Waals surface area contributed by atoms with E-state index < -0.39 is 0 Å². The SMILES string of the molecule is CCNc1nc(I)c2cc(-c3ccc(Oc4ccccc4)cc3)c(=O)n(CC)c2n1. The zero-order chi connectivity index (χ0) is 21.1. The number of hydrogen-bond donors (Lipinski definition) is 1. The molecule has 0 radical (unpaired) electrons. The number of fused-ring (bicyclic) bond motifs is 1. The maximum absolute atomic E-state index is 13.2. The van der Waals surface area contributed by atoms with Gasteiger partial charge in [-0.15, -0.1) is 0 Å². The van der Waals surface area contributed by atoms with Gasteiger partial charge in [0.05, 0.1) is 5.39 Å². The fourth-order valence-corrected chi connectivity index (χ4v) is 3.90. The van der Waals surface area contributed by atoms with E-state index in [4.69, 9.17) is 4.74 Å². The summed E-state index contributed by atoms with van der Waals surface area (Å²) in [4.78, 5) is 22.3. The molecule has 0 saturated heterocycles. The van der Waals surface area contributed by atoms with Gasteiger partial charge in [-0.05, 0) is 72.3 Å². The number of rotatable bonds is 6. The highest BCUT2D eigenvalue weighted by molar-refractivity contribution is 14.1. The molecule has 2 heterocycles. The monoisotopic (exact) mass is 512 g/mol. The topological polar surface area (TPSA) is 69.0 Å². The molecule has 2 aromatic carbocycles. The van der Waals surface area contributed by atoms with Crippen molar-refractivity contribution < 1.29 is 4.74 Å². The Morgan fingerprint density at radius 1 is 1.00 bits per heavy atom. The Balaban J connectivity index is 1.77. The molecule has 0 aliphatic heterocycles. The maximum atomic E-state index is 13.2. The molecule has 1 N–H and O–H groups in total.